The van der Waals surface area contributed by atoms with Crippen molar-refractivity contribution in [2.75, 3.05) is 9.80 Å². The third-order valence-electron chi connectivity index (χ3n) is 10.1. The van der Waals surface area contributed by atoms with Crippen LogP contribution >= 0.6 is 0 Å². The molecular weight excluding hydrogens is 892 g/mol. The van der Waals surface area contributed by atoms with Gasteiger partial charge in [-0.1, -0.05) is 135 Å². The summed E-state index contributed by atoms with van der Waals surface area (Å²) in [4.78, 5) is 8.39. The van der Waals surface area contributed by atoms with Gasteiger partial charge in [-0.25, -0.2) is 4.98 Å². The Hall–Kier alpha value is -6.42. The Bertz CT molecular complexity index is 3370. The van der Waals surface area contributed by atoms with Crippen LogP contribution < -0.4 is 14.5 Å². The van der Waals surface area contributed by atoms with Crippen molar-refractivity contribution in [3.63, 3.8) is 0 Å². The van der Waals surface area contributed by atoms with E-state index < -0.39 is 60.4 Å². The van der Waals surface area contributed by atoms with Gasteiger partial charge in [0.15, 0.2) is 0 Å². The molecule has 0 spiro atoms. The largest absolute Gasteiger partial charge is 0.509 e. The van der Waals surface area contributed by atoms with Gasteiger partial charge in [-0.15, -0.1) is 48.1 Å². The minimum absolute atomic E-state index is 0. The van der Waals surface area contributed by atoms with Crippen LogP contribution in [0.25, 0.3) is 49.9 Å². The summed E-state index contributed by atoms with van der Waals surface area (Å²) in [6.45, 7) is 8.25. The molecule has 0 atom stereocenters. The molecule has 0 aliphatic carbocycles. The van der Waals surface area contributed by atoms with Crippen LogP contribution in [0.15, 0.2) is 176 Å². The molecule has 3 heterocycles. The summed E-state index contributed by atoms with van der Waals surface area (Å²) in [6, 6.07) is 35.6. The average molecular weight is 941 g/mol. The number of rotatable bonds is 7. The molecule has 0 unspecified atom stereocenters. The predicted molar refractivity (Wildman–Crippen MR) is 234 cm³/mol. The van der Waals surface area contributed by atoms with Crippen LogP contribution in [0.4, 0.5) is 22.7 Å². The Morgan fingerprint density at radius 1 is 0.638 bits per heavy atom. The molecule has 1 aliphatic heterocycles. The third-order valence-corrected chi connectivity index (χ3v) is 10.1. The summed E-state index contributed by atoms with van der Waals surface area (Å²) in [5.41, 5.74) is 4.97. The number of nitrogens with zero attached hydrogens (tertiary/aromatic N) is 4. The number of fused-ring (bicyclic) bond motifs is 4. The maximum atomic E-state index is 8.99. The minimum Gasteiger partial charge on any atom is -0.509 e. The molecule has 0 fully saturated rings. The molecule has 286 valence electrons. The first-order valence-corrected chi connectivity index (χ1v) is 18.5. The first-order valence-electron chi connectivity index (χ1n) is 23.5. The molecule has 0 radical (unpaired) electrons. The molecule has 0 saturated heterocycles. The van der Waals surface area contributed by atoms with Gasteiger partial charge in [0.1, 0.15) is 5.82 Å². The van der Waals surface area contributed by atoms with Crippen molar-refractivity contribution in [2.24, 2.45) is 0 Å². The molecule has 0 saturated carbocycles. The number of ether oxygens (including phenoxy) is 1. The molecule has 0 amide bonds. The quantitative estimate of drug-likeness (QED) is 0.149. The maximum Gasteiger partial charge on any atom is 0.135 e. The normalized spacial score (nSPS) is 14.9. The van der Waals surface area contributed by atoms with Crippen LogP contribution in [0.1, 0.15) is 40.0 Å². The van der Waals surface area contributed by atoms with E-state index in [1.54, 1.807) is 35.8 Å². The summed E-state index contributed by atoms with van der Waals surface area (Å²) < 4.78 is 95.4. The fourth-order valence-corrected chi connectivity index (χ4v) is 7.39. The van der Waals surface area contributed by atoms with E-state index in [2.05, 4.69) is 55.7 Å². The zero-order valence-corrected chi connectivity index (χ0v) is 33.8. The number of hydrogen-bond donors (Lipinski definition) is 0. The van der Waals surface area contributed by atoms with Gasteiger partial charge >= 0.3 is 0 Å². The van der Waals surface area contributed by atoms with Crippen molar-refractivity contribution >= 4 is 44.6 Å². The summed E-state index contributed by atoms with van der Waals surface area (Å²) in [5.74, 6) is 1.59. The Balaban J connectivity index is 0.00000578. The van der Waals surface area contributed by atoms with E-state index in [4.69, 9.17) is 23.4 Å². The van der Waals surface area contributed by atoms with E-state index in [0.29, 0.717) is 28.6 Å². The van der Waals surface area contributed by atoms with Gasteiger partial charge in [0.05, 0.1) is 13.7 Å². The topological polar surface area (TPSA) is 33.5 Å². The fraction of sp³-hybridized carbons (Fsp3) is 0.0769. The van der Waals surface area contributed by atoms with Crippen LogP contribution in [0.3, 0.4) is 0 Å². The van der Waals surface area contributed by atoms with E-state index in [0.717, 1.165) is 33.2 Å². The van der Waals surface area contributed by atoms with Gasteiger partial charge in [0.25, 0.3) is 0 Å². The molecule has 2 aromatic heterocycles. The van der Waals surface area contributed by atoms with Gasteiger partial charge < -0.3 is 19.1 Å². The first-order chi connectivity index (χ1) is 32.0. The SMILES string of the molecule is [2H]c1c([2H])c([2H])c(-c2cccc(-c3c([2H])c([2H])c([2H])c([2H])c3[2H])c2N2[CH-]N(c3[c-]c(Oc4[c-]c5c(cc4)c4ccccc4n5-c4cc(C(C)(C)C)ccn4)ccc3)c3ccccc32)c([2H])c1[2H].[Pt]. The number of benzene rings is 7. The molecule has 9 aromatic rings. The van der Waals surface area contributed by atoms with E-state index in [1.165, 1.54) is 0 Å². The van der Waals surface area contributed by atoms with E-state index in [-0.39, 0.29) is 54.4 Å². The first kappa shape index (κ1) is 27.3. The number of pyridine rings is 1. The molecule has 58 heavy (non-hydrogen) atoms. The van der Waals surface area contributed by atoms with Crippen molar-refractivity contribution in [3.8, 4) is 39.6 Å². The number of para-hydroxylation sites is 4. The summed E-state index contributed by atoms with van der Waals surface area (Å²) in [6.07, 6.45) is 1.83. The summed E-state index contributed by atoms with van der Waals surface area (Å²) in [5, 5.41) is 2.03. The molecular formula is C52H39N4OPt-3. The second-order valence-electron chi connectivity index (χ2n) is 14.6. The van der Waals surface area contributed by atoms with Gasteiger partial charge in [0, 0.05) is 72.5 Å². The third kappa shape index (κ3) is 6.66. The molecule has 7 aromatic carbocycles. The van der Waals surface area contributed by atoms with Crippen molar-refractivity contribution in [3.05, 3.63) is 200 Å². The molecule has 6 heteroatoms. The Morgan fingerprint density at radius 2 is 1.28 bits per heavy atom. The zero-order valence-electron chi connectivity index (χ0n) is 41.6. The average Bonchev–Trinajstić information content (AvgIpc) is 3.87. The number of anilines is 4. The minimum atomic E-state index is -0.563. The second-order valence-corrected chi connectivity index (χ2v) is 14.6. The van der Waals surface area contributed by atoms with Crippen LogP contribution in [0, 0.1) is 18.8 Å². The fourth-order valence-electron chi connectivity index (χ4n) is 7.39. The van der Waals surface area contributed by atoms with E-state index in [9.17, 15) is 0 Å². The Kier molecular flexibility index (Phi) is 7.12. The van der Waals surface area contributed by atoms with Gasteiger partial charge in [-0.3, -0.25) is 0 Å². The second kappa shape index (κ2) is 15.2. The molecule has 0 bridgehead atoms. The number of aromatic nitrogens is 2. The van der Waals surface area contributed by atoms with Crippen LogP contribution in [-0.4, -0.2) is 9.55 Å². The Morgan fingerprint density at radius 3 is 1.98 bits per heavy atom. The van der Waals surface area contributed by atoms with Gasteiger partial charge in [-0.05, 0) is 57.8 Å². The van der Waals surface area contributed by atoms with Crippen molar-refractivity contribution < 1.29 is 39.5 Å². The van der Waals surface area contributed by atoms with Crippen LogP contribution in [0.5, 0.6) is 11.5 Å². The monoisotopic (exact) mass is 940 g/mol. The van der Waals surface area contributed by atoms with E-state index >= 15 is 0 Å². The Labute approximate surface area is 368 Å². The molecule has 1 aliphatic rings. The zero-order chi connectivity index (χ0) is 47.2. The summed E-state index contributed by atoms with van der Waals surface area (Å²) >= 11 is 0. The molecule has 10 rings (SSSR count). The van der Waals surface area contributed by atoms with Crippen LogP contribution in [0.2, 0.25) is 0 Å². The summed E-state index contributed by atoms with van der Waals surface area (Å²) in [7, 11) is 0. The molecule has 5 nitrogen and oxygen atoms in total. The van der Waals surface area contributed by atoms with Crippen molar-refractivity contribution in [1.29, 1.82) is 0 Å². The van der Waals surface area contributed by atoms with Crippen molar-refractivity contribution in [2.45, 2.75) is 26.2 Å². The van der Waals surface area contributed by atoms with E-state index in [1.807, 2.05) is 77.8 Å². The molecule has 0 N–H and O–H groups in total. The van der Waals surface area contributed by atoms with Gasteiger partial charge in [-0.2, -0.15) is 12.1 Å². The maximum absolute atomic E-state index is 8.99. The standard InChI is InChI=1S/C52H39N4O.Pt/c1-52(2,3)38-30-31-53-50(32-38)56-46-25-11-10-22-44(46)45-29-28-41(34-49(45)56)57-40-21-14-20-39(33-40)54-35-55(48-27-13-12-26-47(48)54)51-42(36-16-6-4-7-17-36)23-15-24-43(51)37-18-8-5-9-19-37;/h4-32,35H,1-3H3;/q-3;/i4D,5D,6D,7D,8D,9D,16D,17D,18D,19D;. The number of hydrogen-bond acceptors (Lipinski definition) is 4. The van der Waals surface area contributed by atoms with Crippen molar-refractivity contribution in [1.82, 2.24) is 9.55 Å². The van der Waals surface area contributed by atoms with Crippen LogP contribution in [-0.2, 0) is 26.5 Å². The van der Waals surface area contributed by atoms with Gasteiger partial charge in [0.2, 0.25) is 0 Å². The smallest absolute Gasteiger partial charge is 0.135 e. The predicted octanol–water partition coefficient (Wildman–Crippen LogP) is 13.6.